The van der Waals surface area contributed by atoms with E-state index in [0.717, 1.165) is 45.3 Å². The Labute approximate surface area is 111 Å². The normalized spacial score (nSPS) is 31.1. The topological polar surface area (TPSA) is 32.3 Å². The summed E-state index contributed by atoms with van der Waals surface area (Å²) in [5, 5.41) is 3.46. The second-order valence-corrected chi connectivity index (χ2v) is 6.09. The van der Waals surface area contributed by atoms with Crippen molar-refractivity contribution in [1.82, 2.24) is 10.2 Å². The third-order valence-electron chi connectivity index (χ3n) is 4.84. The fourth-order valence-electron chi connectivity index (χ4n) is 3.78. The summed E-state index contributed by atoms with van der Waals surface area (Å²) in [4.78, 5) is 14.9. The number of rotatable bonds is 5. The Kier molecular flexibility index (Phi) is 4.66. The molecule has 0 aromatic rings. The van der Waals surface area contributed by atoms with E-state index in [0.29, 0.717) is 23.8 Å². The van der Waals surface area contributed by atoms with Gasteiger partial charge in [-0.3, -0.25) is 4.79 Å². The molecule has 0 aliphatic carbocycles. The summed E-state index contributed by atoms with van der Waals surface area (Å²) >= 11 is 0. The molecule has 1 amide bonds. The average molecular weight is 252 g/mol. The maximum atomic E-state index is 12.7. The molecule has 0 bridgehead atoms. The first-order valence-corrected chi connectivity index (χ1v) is 7.70. The van der Waals surface area contributed by atoms with E-state index < -0.39 is 0 Å². The molecule has 3 atom stereocenters. The number of hydrogen-bond acceptors (Lipinski definition) is 2. The minimum Gasteiger partial charge on any atom is -0.339 e. The Balaban J connectivity index is 1.99. The summed E-state index contributed by atoms with van der Waals surface area (Å²) in [6.45, 7) is 9.79. The average Bonchev–Trinajstić information content (AvgIpc) is 2.92. The summed E-state index contributed by atoms with van der Waals surface area (Å²) in [5.74, 6) is 2.10. The second kappa shape index (κ2) is 6.05. The van der Waals surface area contributed by atoms with Crippen LogP contribution in [0.5, 0.6) is 0 Å². The first-order chi connectivity index (χ1) is 8.69. The highest BCUT2D eigenvalue weighted by Gasteiger charge is 2.44. The molecule has 3 nitrogen and oxygen atoms in total. The molecule has 3 unspecified atom stereocenters. The highest BCUT2D eigenvalue weighted by Crippen LogP contribution is 2.34. The first-order valence-electron chi connectivity index (χ1n) is 7.70. The monoisotopic (exact) mass is 252 g/mol. The number of carbonyl (C=O) groups excluding carboxylic acids is 1. The quantitative estimate of drug-likeness (QED) is 0.814. The molecular weight excluding hydrogens is 224 g/mol. The highest BCUT2D eigenvalue weighted by atomic mass is 16.2. The van der Waals surface area contributed by atoms with Crippen molar-refractivity contribution in [3.63, 3.8) is 0 Å². The molecule has 104 valence electrons. The van der Waals surface area contributed by atoms with E-state index >= 15 is 0 Å². The number of carbonyl (C=O) groups is 1. The molecule has 18 heavy (non-hydrogen) atoms. The van der Waals surface area contributed by atoms with Crippen LogP contribution >= 0.6 is 0 Å². The van der Waals surface area contributed by atoms with E-state index in [1.165, 1.54) is 0 Å². The van der Waals surface area contributed by atoms with Gasteiger partial charge in [0.2, 0.25) is 5.91 Å². The Bertz CT molecular complexity index is 286. The summed E-state index contributed by atoms with van der Waals surface area (Å²) in [6.07, 6.45) is 4.35. The van der Waals surface area contributed by atoms with E-state index in [1.807, 2.05) is 0 Å². The van der Waals surface area contributed by atoms with Crippen LogP contribution in [-0.2, 0) is 4.79 Å². The molecule has 2 heterocycles. The van der Waals surface area contributed by atoms with Crippen LogP contribution in [-0.4, -0.2) is 36.5 Å². The second-order valence-electron chi connectivity index (χ2n) is 6.09. The summed E-state index contributed by atoms with van der Waals surface area (Å²) in [6, 6.07) is 0.439. The molecular formula is C15H28N2O. The number of likely N-dealkylation sites (tertiary alicyclic amines) is 1. The predicted molar refractivity (Wildman–Crippen MR) is 74.3 cm³/mol. The maximum Gasteiger partial charge on any atom is 0.225 e. The van der Waals surface area contributed by atoms with Crippen LogP contribution in [0.15, 0.2) is 0 Å². The van der Waals surface area contributed by atoms with Crippen molar-refractivity contribution in [2.24, 2.45) is 17.8 Å². The van der Waals surface area contributed by atoms with Gasteiger partial charge in [0.15, 0.2) is 0 Å². The molecule has 0 aromatic carbocycles. The van der Waals surface area contributed by atoms with Crippen molar-refractivity contribution >= 4 is 5.91 Å². The summed E-state index contributed by atoms with van der Waals surface area (Å²) < 4.78 is 0. The Morgan fingerprint density at radius 1 is 1.28 bits per heavy atom. The summed E-state index contributed by atoms with van der Waals surface area (Å²) in [7, 11) is 0. The zero-order valence-electron chi connectivity index (χ0n) is 12.1. The van der Waals surface area contributed by atoms with E-state index in [-0.39, 0.29) is 5.92 Å². The molecule has 0 saturated carbocycles. The Morgan fingerprint density at radius 3 is 2.50 bits per heavy atom. The molecule has 2 saturated heterocycles. The Morgan fingerprint density at radius 2 is 1.94 bits per heavy atom. The van der Waals surface area contributed by atoms with Crippen LogP contribution in [0, 0.1) is 17.8 Å². The lowest BCUT2D eigenvalue weighted by Crippen LogP contribution is -2.41. The van der Waals surface area contributed by atoms with Gasteiger partial charge in [0.25, 0.3) is 0 Å². The van der Waals surface area contributed by atoms with Gasteiger partial charge in [0, 0.05) is 31.6 Å². The van der Waals surface area contributed by atoms with Gasteiger partial charge in [0.05, 0.1) is 0 Å². The van der Waals surface area contributed by atoms with Crippen molar-refractivity contribution in [3.8, 4) is 0 Å². The van der Waals surface area contributed by atoms with Crippen LogP contribution in [0.4, 0.5) is 0 Å². The third kappa shape index (κ3) is 2.56. The molecule has 0 spiro atoms. The lowest BCUT2D eigenvalue weighted by Gasteiger charge is -2.28. The van der Waals surface area contributed by atoms with E-state index in [1.54, 1.807) is 0 Å². The van der Waals surface area contributed by atoms with Crippen molar-refractivity contribution in [1.29, 1.82) is 0 Å². The van der Waals surface area contributed by atoms with E-state index in [4.69, 9.17) is 0 Å². The van der Waals surface area contributed by atoms with Crippen molar-refractivity contribution in [2.45, 2.75) is 52.5 Å². The molecule has 0 aromatic heterocycles. The molecule has 0 radical (unpaired) electrons. The van der Waals surface area contributed by atoms with Crippen LogP contribution < -0.4 is 5.32 Å². The number of hydrogen-bond donors (Lipinski definition) is 1. The van der Waals surface area contributed by atoms with Gasteiger partial charge in [-0.05, 0) is 31.6 Å². The maximum absolute atomic E-state index is 12.7. The SMILES string of the molecule is CCCC(CCC)C(=O)N1CC2CNCC2C1C. The van der Waals surface area contributed by atoms with Gasteiger partial charge in [-0.25, -0.2) is 0 Å². The number of fused-ring (bicyclic) bond motifs is 1. The minimum absolute atomic E-state index is 0.272. The number of amides is 1. The van der Waals surface area contributed by atoms with Crippen LogP contribution in [0.3, 0.4) is 0 Å². The molecule has 1 N–H and O–H groups in total. The minimum atomic E-state index is 0.272. The van der Waals surface area contributed by atoms with Gasteiger partial charge in [-0.2, -0.15) is 0 Å². The van der Waals surface area contributed by atoms with Crippen molar-refractivity contribution in [2.75, 3.05) is 19.6 Å². The fourth-order valence-corrected chi connectivity index (χ4v) is 3.78. The van der Waals surface area contributed by atoms with E-state index in [2.05, 4.69) is 31.0 Å². The largest absolute Gasteiger partial charge is 0.339 e. The Hall–Kier alpha value is -0.570. The van der Waals surface area contributed by atoms with Gasteiger partial charge in [-0.1, -0.05) is 26.7 Å². The fraction of sp³-hybridized carbons (Fsp3) is 0.933. The van der Waals surface area contributed by atoms with Crippen LogP contribution in [0.25, 0.3) is 0 Å². The third-order valence-corrected chi connectivity index (χ3v) is 4.84. The van der Waals surface area contributed by atoms with Gasteiger partial charge < -0.3 is 10.2 Å². The molecule has 2 rings (SSSR count). The first kappa shape index (κ1) is 13.9. The molecule has 2 aliphatic heterocycles. The zero-order chi connectivity index (χ0) is 13.1. The van der Waals surface area contributed by atoms with Gasteiger partial charge >= 0.3 is 0 Å². The van der Waals surface area contributed by atoms with Crippen LogP contribution in [0.2, 0.25) is 0 Å². The van der Waals surface area contributed by atoms with Gasteiger partial charge in [0.1, 0.15) is 0 Å². The number of nitrogens with one attached hydrogen (secondary N) is 1. The summed E-state index contributed by atoms with van der Waals surface area (Å²) in [5.41, 5.74) is 0. The zero-order valence-corrected chi connectivity index (χ0v) is 12.1. The van der Waals surface area contributed by atoms with Crippen LogP contribution in [0.1, 0.15) is 46.5 Å². The van der Waals surface area contributed by atoms with Crippen molar-refractivity contribution < 1.29 is 4.79 Å². The lowest BCUT2D eigenvalue weighted by molar-refractivity contribution is -0.137. The molecule has 3 heteroatoms. The molecule has 2 aliphatic rings. The van der Waals surface area contributed by atoms with Gasteiger partial charge in [-0.15, -0.1) is 0 Å². The highest BCUT2D eigenvalue weighted by molar-refractivity contribution is 5.79. The smallest absolute Gasteiger partial charge is 0.225 e. The predicted octanol–water partition coefficient (Wildman–Crippen LogP) is 2.27. The molecule has 2 fully saturated rings. The number of nitrogens with zero attached hydrogens (tertiary/aromatic N) is 1. The standard InChI is InChI=1S/C15H28N2O/c1-4-6-12(7-5-2)15(18)17-10-13-8-16-9-14(13)11(17)3/h11-14,16H,4-10H2,1-3H3. The lowest BCUT2D eigenvalue weighted by atomic mass is 9.94. The van der Waals surface area contributed by atoms with Crippen molar-refractivity contribution in [3.05, 3.63) is 0 Å². The van der Waals surface area contributed by atoms with E-state index in [9.17, 15) is 4.79 Å².